The number of unbranched alkanes of at least 4 members (excludes halogenated alkanes) is 1. The number of likely N-dealkylation sites (tertiary alicyclic amines) is 1. The zero-order chi connectivity index (χ0) is 25.2. The molecule has 2 fully saturated rings. The highest BCUT2D eigenvalue weighted by Gasteiger charge is 2.52. The Hall–Kier alpha value is -2.37. The Labute approximate surface area is 217 Å². The van der Waals surface area contributed by atoms with Crippen molar-refractivity contribution >= 4 is 6.09 Å². The molecule has 2 unspecified atom stereocenters. The minimum atomic E-state index is -0.349. The van der Waals surface area contributed by atoms with E-state index in [0.717, 1.165) is 64.8 Å². The van der Waals surface area contributed by atoms with Crippen molar-refractivity contribution in [2.45, 2.75) is 69.9 Å². The van der Waals surface area contributed by atoms with Crippen molar-refractivity contribution in [3.63, 3.8) is 0 Å². The highest BCUT2D eigenvalue weighted by Crippen LogP contribution is 2.51. The largest absolute Gasteiger partial charge is 0.453 e. The lowest BCUT2D eigenvalue weighted by molar-refractivity contribution is -0.0242. The fourth-order valence-electron chi connectivity index (χ4n) is 6.71. The zero-order valence-electron chi connectivity index (χ0n) is 22.2. The predicted octanol–water partition coefficient (Wildman–Crippen LogP) is 6.18. The summed E-state index contributed by atoms with van der Waals surface area (Å²) < 4.78 is 11.6. The second-order valence-corrected chi connectivity index (χ2v) is 10.6. The summed E-state index contributed by atoms with van der Waals surface area (Å²) in [7, 11) is 1.45. The Morgan fingerprint density at radius 1 is 1.00 bits per heavy atom. The van der Waals surface area contributed by atoms with Gasteiger partial charge in [-0.2, -0.15) is 0 Å². The summed E-state index contributed by atoms with van der Waals surface area (Å²) in [6.07, 6.45) is 7.78. The van der Waals surface area contributed by atoms with Crippen molar-refractivity contribution in [1.82, 2.24) is 10.2 Å². The number of alkyl carbamates (subject to hydrolysis) is 1. The first-order valence-electron chi connectivity index (χ1n) is 13.9. The highest BCUT2D eigenvalue weighted by molar-refractivity contribution is 5.67. The lowest BCUT2D eigenvalue weighted by atomic mass is 9.58. The fourth-order valence-corrected chi connectivity index (χ4v) is 6.71. The molecule has 5 heteroatoms. The van der Waals surface area contributed by atoms with Crippen LogP contribution in [0.4, 0.5) is 4.79 Å². The first-order valence-corrected chi connectivity index (χ1v) is 13.9. The van der Waals surface area contributed by atoms with Gasteiger partial charge in [0.1, 0.15) is 0 Å². The molecule has 0 spiro atoms. The maximum Gasteiger partial charge on any atom is 0.406 e. The molecule has 1 saturated carbocycles. The van der Waals surface area contributed by atoms with Gasteiger partial charge in [0.05, 0.1) is 13.2 Å². The molecule has 1 aliphatic heterocycles. The van der Waals surface area contributed by atoms with E-state index in [1.54, 1.807) is 0 Å². The lowest BCUT2D eigenvalue weighted by Crippen LogP contribution is -2.55. The maximum atomic E-state index is 12.4. The Morgan fingerprint density at radius 3 is 2.36 bits per heavy atom. The van der Waals surface area contributed by atoms with Gasteiger partial charge in [0.15, 0.2) is 0 Å². The first kappa shape index (κ1) is 26.7. The number of rotatable bonds is 11. The van der Waals surface area contributed by atoms with E-state index < -0.39 is 0 Å². The molecule has 0 bridgehead atoms. The van der Waals surface area contributed by atoms with E-state index in [1.807, 2.05) is 0 Å². The number of benzene rings is 2. The van der Waals surface area contributed by atoms with Gasteiger partial charge in [0.25, 0.3) is 0 Å². The highest BCUT2D eigenvalue weighted by atomic mass is 16.5. The van der Waals surface area contributed by atoms with Crippen molar-refractivity contribution in [1.29, 1.82) is 0 Å². The summed E-state index contributed by atoms with van der Waals surface area (Å²) in [5, 5.41) is 3.15. The fraction of sp³-hybridized carbons (Fsp3) is 0.581. The molecule has 3 atom stereocenters. The molecule has 4 rings (SSSR count). The number of hydrogen-bond donors (Lipinski definition) is 1. The summed E-state index contributed by atoms with van der Waals surface area (Å²) in [4.78, 5) is 14.9. The van der Waals surface area contributed by atoms with Crippen molar-refractivity contribution < 1.29 is 14.3 Å². The van der Waals surface area contributed by atoms with Gasteiger partial charge in [0.2, 0.25) is 0 Å². The SMILES string of the molecule is CCCCO[C@@H]1CCCC1C(CNC(=O)OC)(c1ccccc1)C1CCN(Cc2ccccc2)CC1. The smallest absolute Gasteiger partial charge is 0.406 e. The number of piperidine rings is 1. The van der Waals surface area contributed by atoms with E-state index in [2.05, 4.69) is 77.8 Å². The van der Waals surface area contributed by atoms with Gasteiger partial charge >= 0.3 is 6.09 Å². The number of amides is 1. The molecule has 1 N–H and O–H groups in total. The predicted molar refractivity (Wildman–Crippen MR) is 145 cm³/mol. The number of hydrogen-bond acceptors (Lipinski definition) is 4. The molecule has 5 nitrogen and oxygen atoms in total. The molecule has 36 heavy (non-hydrogen) atoms. The molecule has 196 valence electrons. The van der Waals surface area contributed by atoms with E-state index in [-0.39, 0.29) is 17.6 Å². The molecule has 2 aliphatic rings. The summed E-state index contributed by atoms with van der Waals surface area (Å²) >= 11 is 0. The Balaban J connectivity index is 1.61. The lowest BCUT2D eigenvalue weighted by Gasteiger charge is -2.50. The monoisotopic (exact) mass is 492 g/mol. The second-order valence-electron chi connectivity index (χ2n) is 10.6. The summed E-state index contributed by atoms with van der Waals surface area (Å²) in [6, 6.07) is 21.7. The molecule has 1 aliphatic carbocycles. The number of carbonyl (C=O) groups is 1. The molecular formula is C31H44N2O3. The number of carbonyl (C=O) groups excluding carboxylic acids is 1. The van der Waals surface area contributed by atoms with E-state index in [1.165, 1.54) is 24.7 Å². The number of ether oxygens (including phenoxy) is 2. The minimum absolute atomic E-state index is 0.179. The van der Waals surface area contributed by atoms with E-state index in [0.29, 0.717) is 18.4 Å². The molecule has 0 aromatic heterocycles. The van der Waals surface area contributed by atoms with Crippen molar-refractivity contribution in [3.05, 3.63) is 71.8 Å². The third kappa shape index (κ3) is 6.30. The van der Waals surface area contributed by atoms with Crippen LogP contribution in [0.1, 0.15) is 63.0 Å². The van der Waals surface area contributed by atoms with Crippen LogP contribution in [0.25, 0.3) is 0 Å². The molecule has 1 amide bonds. The Bertz CT molecular complexity index is 914. The van der Waals surface area contributed by atoms with E-state index in [4.69, 9.17) is 9.47 Å². The van der Waals surface area contributed by atoms with Crippen molar-refractivity contribution in [2.24, 2.45) is 11.8 Å². The standard InChI is InChI=1S/C31H44N2O3/c1-3-4-22-36-29-17-11-16-28(29)31(24-32-30(34)35-2,26-14-9-6-10-15-26)27-18-20-33(21-19-27)23-25-12-7-5-8-13-25/h5-10,12-15,27-29H,3-4,11,16-24H2,1-2H3,(H,32,34)/t28?,29-,31?/m1/s1. The van der Waals surface area contributed by atoms with Crippen LogP contribution in [-0.4, -0.2) is 50.4 Å². The van der Waals surface area contributed by atoms with Gasteiger partial charge in [-0.25, -0.2) is 4.79 Å². The van der Waals surface area contributed by atoms with Gasteiger partial charge in [-0.3, -0.25) is 4.90 Å². The quantitative estimate of drug-likeness (QED) is 0.381. The zero-order valence-corrected chi connectivity index (χ0v) is 22.2. The van der Waals surface area contributed by atoms with Crippen molar-refractivity contribution in [2.75, 3.05) is 33.4 Å². The Kier molecular flexibility index (Phi) is 9.82. The average Bonchev–Trinajstić information content (AvgIpc) is 3.40. The van der Waals surface area contributed by atoms with Crippen LogP contribution in [0.15, 0.2) is 60.7 Å². The molecule has 0 radical (unpaired) electrons. The Morgan fingerprint density at radius 2 is 1.69 bits per heavy atom. The van der Waals surface area contributed by atoms with Gasteiger partial charge in [-0.15, -0.1) is 0 Å². The minimum Gasteiger partial charge on any atom is -0.453 e. The van der Waals surface area contributed by atoms with Gasteiger partial charge < -0.3 is 14.8 Å². The number of methoxy groups -OCH3 is 1. The average molecular weight is 493 g/mol. The second kappa shape index (κ2) is 13.3. The van der Waals surface area contributed by atoms with Gasteiger partial charge in [-0.1, -0.05) is 80.4 Å². The summed E-state index contributed by atoms with van der Waals surface area (Å²) in [5.74, 6) is 0.837. The van der Waals surface area contributed by atoms with Crippen LogP contribution in [0, 0.1) is 11.8 Å². The number of nitrogens with one attached hydrogen (secondary N) is 1. The van der Waals surface area contributed by atoms with Crippen LogP contribution >= 0.6 is 0 Å². The summed E-state index contributed by atoms with van der Waals surface area (Å²) in [5.41, 5.74) is 2.53. The van der Waals surface area contributed by atoms with Gasteiger partial charge in [-0.05, 0) is 68.2 Å². The van der Waals surface area contributed by atoms with Crippen LogP contribution in [0.5, 0.6) is 0 Å². The maximum absolute atomic E-state index is 12.4. The third-order valence-corrected chi connectivity index (χ3v) is 8.53. The first-order chi connectivity index (χ1) is 17.7. The molecule has 1 heterocycles. The molecule has 2 aromatic rings. The van der Waals surface area contributed by atoms with Gasteiger partial charge in [0, 0.05) is 25.1 Å². The molecular weight excluding hydrogens is 448 g/mol. The van der Waals surface area contributed by atoms with E-state index in [9.17, 15) is 4.79 Å². The normalized spacial score (nSPS) is 22.7. The van der Waals surface area contributed by atoms with Crippen LogP contribution in [-0.2, 0) is 21.4 Å². The topological polar surface area (TPSA) is 50.8 Å². The van der Waals surface area contributed by atoms with Crippen LogP contribution in [0.3, 0.4) is 0 Å². The number of nitrogens with zero attached hydrogens (tertiary/aromatic N) is 1. The molecule has 2 aromatic carbocycles. The third-order valence-electron chi connectivity index (χ3n) is 8.53. The van der Waals surface area contributed by atoms with Crippen LogP contribution < -0.4 is 5.32 Å². The van der Waals surface area contributed by atoms with Crippen LogP contribution in [0.2, 0.25) is 0 Å². The summed E-state index contributed by atoms with van der Waals surface area (Å²) in [6.45, 7) is 6.76. The van der Waals surface area contributed by atoms with E-state index >= 15 is 0 Å². The molecule has 1 saturated heterocycles. The van der Waals surface area contributed by atoms with Crippen molar-refractivity contribution in [3.8, 4) is 0 Å².